The number of guanidine groups is 1. The van der Waals surface area contributed by atoms with Gasteiger partial charge in [-0.15, -0.1) is 4.40 Å². The van der Waals surface area contributed by atoms with Crippen molar-refractivity contribution in [3.05, 3.63) is 101 Å². The molecule has 0 spiro atoms. The summed E-state index contributed by atoms with van der Waals surface area (Å²) in [6.07, 6.45) is 0. The van der Waals surface area contributed by atoms with Gasteiger partial charge in [0.2, 0.25) is 5.96 Å². The van der Waals surface area contributed by atoms with Crippen LogP contribution in [-0.2, 0) is 10.0 Å². The zero-order chi connectivity index (χ0) is 21.1. The van der Waals surface area contributed by atoms with Gasteiger partial charge in [0.15, 0.2) is 0 Å². The molecule has 3 aromatic carbocycles. The van der Waals surface area contributed by atoms with E-state index in [-0.39, 0.29) is 16.8 Å². The van der Waals surface area contributed by atoms with Crippen LogP contribution in [0.1, 0.15) is 17.0 Å². The largest absolute Gasteiger partial charge is 0.367 e. The molecule has 1 atom stereocenters. The molecule has 6 nitrogen and oxygen atoms in total. The number of sulfonamides is 1. The van der Waals surface area contributed by atoms with E-state index in [2.05, 4.69) is 9.50 Å². The van der Waals surface area contributed by atoms with Crippen LogP contribution < -0.4 is 5.73 Å². The third-order valence-corrected chi connectivity index (χ3v) is 6.32. The number of benzene rings is 3. The zero-order valence-corrected chi connectivity index (χ0v) is 17.5. The van der Waals surface area contributed by atoms with Gasteiger partial charge in [-0.2, -0.15) is 13.5 Å². The third-order valence-electron chi connectivity index (χ3n) is 4.78. The lowest BCUT2D eigenvalue weighted by atomic mass is 9.91. The lowest BCUT2D eigenvalue weighted by molar-refractivity contribution is 0.470. The minimum atomic E-state index is -3.93. The van der Waals surface area contributed by atoms with Crippen molar-refractivity contribution < 1.29 is 8.42 Å². The van der Waals surface area contributed by atoms with Gasteiger partial charge in [-0.3, -0.25) is 0 Å². The van der Waals surface area contributed by atoms with Crippen LogP contribution in [0.4, 0.5) is 0 Å². The lowest BCUT2D eigenvalue weighted by Gasteiger charge is -2.15. The van der Waals surface area contributed by atoms with Gasteiger partial charge in [0.25, 0.3) is 10.0 Å². The Morgan fingerprint density at radius 1 is 0.967 bits per heavy atom. The molecular formula is C22H19ClN4O2S. The van der Waals surface area contributed by atoms with E-state index in [0.717, 1.165) is 16.8 Å². The Kier molecular flexibility index (Phi) is 5.57. The summed E-state index contributed by atoms with van der Waals surface area (Å²) in [6, 6.07) is 25.2. The molecule has 0 fully saturated rings. The molecule has 0 saturated carbocycles. The van der Waals surface area contributed by atoms with Crippen LogP contribution in [0.5, 0.6) is 0 Å². The second-order valence-corrected chi connectivity index (χ2v) is 8.82. The Hall–Kier alpha value is -3.16. The molecule has 0 amide bonds. The number of nitrogens with two attached hydrogens (primary N) is 1. The summed E-state index contributed by atoms with van der Waals surface area (Å²) in [6.45, 7) is 0.377. The van der Waals surface area contributed by atoms with E-state index in [4.69, 9.17) is 17.3 Å². The second-order valence-electron chi connectivity index (χ2n) is 6.78. The van der Waals surface area contributed by atoms with Gasteiger partial charge in [0, 0.05) is 10.9 Å². The summed E-state index contributed by atoms with van der Waals surface area (Å²) in [5.41, 5.74) is 8.78. The van der Waals surface area contributed by atoms with Crippen molar-refractivity contribution in [3.63, 3.8) is 0 Å². The summed E-state index contributed by atoms with van der Waals surface area (Å²) >= 11 is 6.03. The molecule has 152 valence electrons. The Morgan fingerprint density at radius 2 is 1.57 bits per heavy atom. The average molecular weight is 439 g/mol. The molecule has 0 radical (unpaired) electrons. The highest BCUT2D eigenvalue weighted by Crippen LogP contribution is 2.29. The summed E-state index contributed by atoms with van der Waals surface area (Å²) < 4.78 is 29.0. The van der Waals surface area contributed by atoms with Crippen molar-refractivity contribution in [3.8, 4) is 0 Å². The van der Waals surface area contributed by atoms with Gasteiger partial charge in [-0.05, 0) is 35.4 Å². The molecule has 30 heavy (non-hydrogen) atoms. The predicted octanol–water partition coefficient (Wildman–Crippen LogP) is 3.85. The fourth-order valence-electron chi connectivity index (χ4n) is 3.29. The maximum atomic E-state index is 12.6. The Morgan fingerprint density at radius 3 is 2.20 bits per heavy atom. The number of halogens is 1. The van der Waals surface area contributed by atoms with Crippen LogP contribution in [-0.4, -0.2) is 31.6 Å². The van der Waals surface area contributed by atoms with Crippen molar-refractivity contribution in [1.82, 2.24) is 5.01 Å². The van der Waals surface area contributed by atoms with Crippen molar-refractivity contribution in [2.75, 3.05) is 6.54 Å². The summed E-state index contributed by atoms with van der Waals surface area (Å²) in [5.74, 6) is -0.274. The van der Waals surface area contributed by atoms with Crippen molar-refractivity contribution in [2.45, 2.75) is 10.8 Å². The van der Waals surface area contributed by atoms with Crippen molar-refractivity contribution in [2.24, 2.45) is 15.2 Å². The van der Waals surface area contributed by atoms with Crippen LogP contribution in [0.25, 0.3) is 0 Å². The van der Waals surface area contributed by atoms with Crippen LogP contribution in [0.2, 0.25) is 5.02 Å². The molecule has 0 saturated heterocycles. The van der Waals surface area contributed by atoms with E-state index in [1.807, 2.05) is 42.5 Å². The number of hydrogen-bond donors (Lipinski definition) is 1. The Balaban J connectivity index is 1.71. The van der Waals surface area contributed by atoms with Crippen molar-refractivity contribution in [1.29, 1.82) is 0 Å². The van der Waals surface area contributed by atoms with Crippen LogP contribution >= 0.6 is 11.6 Å². The quantitative estimate of drug-likeness (QED) is 0.495. The van der Waals surface area contributed by atoms with Crippen LogP contribution in [0.15, 0.2) is 99.3 Å². The maximum Gasteiger partial charge on any atom is 0.285 e. The molecule has 0 bridgehead atoms. The molecule has 8 heteroatoms. The fraction of sp³-hybridized carbons (Fsp3) is 0.0909. The molecule has 3 aromatic rings. The van der Waals surface area contributed by atoms with Gasteiger partial charge in [0.05, 0.1) is 17.2 Å². The predicted molar refractivity (Wildman–Crippen MR) is 119 cm³/mol. The maximum absolute atomic E-state index is 12.6. The highest BCUT2D eigenvalue weighted by atomic mass is 35.5. The lowest BCUT2D eigenvalue weighted by Crippen LogP contribution is -2.33. The molecule has 0 aliphatic carbocycles. The molecule has 1 aliphatic heterocycles. The van der Waals surface area contributed by atoms with E-state index in [1.165, 1.54) is 17.1 Å². The first kappa shape index (κ1) is 20.1. The second kappa shape index (κ2) is 8.30. The highest BCUT2D eigenvalue weighted by molar-refractivity contribution is 7.90. The molecule has 1 unspecified atom stereocenters. The van der Waals surface area contributed by atoms with E-state index >= 15 is 0 Å². The van der Waals surface area contributed by atoms with E-state index in [9.17, 15) is 8.42 Å². The highest BCUT2D eigenvalue weighted by Gasteiger charge is 2.31. The summed E-state index contributed by atoms with van der Waals surface area (Å²) in [4.78, 5) is 0.0775. The molecule has 1 aliphatic rings. The van der Waals surface area contributed by atoms with Crippen LogP contribution in [0, 0.1) is 0 Å². The first-order valence-corrected chi connectivity index (χ1v) is 11.1. The standard InChI is InChI=1S/C22H19ClN4O2S/c23-18-13-11-17(12-14-18)21-20(16-7-3-1-4-8-16)15-27(25-21)22(24)26-30(28,29)19-9-5-2-6-10-19/h1-14,20H,15H2,(H2,24,26). The Labute approximate surface area is 180 Å². The van der Waals surface area contributed by atoms with Gasteiger partial charge < -0.3 is 5.73 Å². The number of nitrogens with zero attached hydrogens (tertiary/aromatic N) is 3. The van der Waals surface area contributed by atoms with Gasteiger partial charge in [0.1, 0.15) is 0 Å². The number of hydrogen-bond acceptors (Lipinski definition) is 3. The monoisotopic (exact) mass is 438 g/mol. The SMILES string of the molecule is NC(=NS(=O)(=O)c1ccccc1)N1CC(c2ccccc2)C(c2ccc(Cl)cc2)=N1. The first-order valence-electron chi connectivity index (χ1n) is 9.26. The smallest absolute Gasteiger partial charge is 0.285 e. The molecule has 1 heterocycles. The summed E-state index contributed by atoms with van der Waals surface area (Å²) in [5, 5.41) is 6.67. The summed E-state index contributed by atoms with van der Waals surface area (Å²) in [7, 11) is -3.93. The average Bonchev–Trinajstić information content (AvgIpc) is 3.21. The van der Waals surface area contributed by atoms with E-state index in [0.29, 0.717) is 11.6 Å². The van der Waals surface area contributed by atoms with E-state index < -0.39 is 10.0 Å². The third kappa shape index (κ3) is 4.22. The van der Waals surface area contributed by atoms with Gasteiger partial charge in [-0.25, -0.2) is 5.01 Å². The Bertz CT molecular complexity index is 1190. The van der Waals surface area contributed by atoms with Gasteiger partial charge in [-0.1, -0.05) is 72.3 Å². The molecule has 4 rings (SSSR count). The first-order chi connectivity index (χ1) is 14.4. The number of hydrazone groups is 1. The molecular weight excluding hydrogens is 420 g/mol. The molecule has 0 aromatic heterocycles. The van der Waals surface area contributed by atoms with Crippen LogP contribution in [0.3, 0.4) is 0 Å². The van der Waals surface area contributed by atoms with E-state index in [1.54, 1.807) is 30.3 Å². The van der Waals surface area contributed by atoms with Gasteiger partial charge >= 0.3 is 0 Å². The normalized spacial score (nSPS) is 17.1. The number of rotatable bonds is 4. The minimum absolute atomic E-state index is 0.0775. The fourth-order valence-corrected chi connectivity index (χ4v) is 4.36. The minimum Gasteiger partial charge on any atom is -0.367 e. The van der Waals surface area contributed by atoms with Crippen molar-refractivity contribution >= 4 is 33.3 Å². The topological polar surface area (TPSA) is 88.1 Å². The molecule has 2 N–H and O–H groups in total. The zero-order valence-electron chi connectivity index (χ0n) is 15.9.